The zero-order valence-electron chi connectivity index (χ0n) is 16.4. The SMILES string of the molecule is CC(C)NC(=O)C(=O)N1CCN(C(=O)Cc2csc(-c3ccccc3Cl)n2)CC1. The molecular formula is C20H23ClN4O3S. The van der Waals surface area contributed by atoms with E-state index in [1.165, 1.54) is 16.2 Å². The Morgan fingerprint density at radius 3 is 2.45 bits per heavy atom. The van der Waals surface area contributed by atoms with E-state index in [2.05, 4.69) is 10.3 Å². The van der Waals surface area contributed by atoms with Gasteiger partial charge in [0.25, 0.3) is 0 Å². The van der Waals surface area contributed by atoms with E-state index in [9.17, 15) is 14.4 Å². The molecule has 0 aliphatic carbocycles. The second-order valence-corrected chi connectivity index (χ2v) is 8.37. The van der Waals surface area contributed by atoms with E-state index >= 15 is 0 Å². The first-order chi connectivity index (χ1) is 13.8. The van der Waals surface area contributed by atoms with Crippen LogP contribution in [0.5, 0.6) is 0 Å². The number of nitrogens with zero attached hydrogens (tertiary/aromatic N) is 3. The Balaban J connectivity index is 1.54. The zero-order chi connectivity index (χ0) is 21.0. The van der Waals surface area contributed by atoms with Crippen LogP contribution in [0.4, 0.5) is 0 Å². The first kappa shape index (κ1) is 21.3. The molecule has 0 radical (unpaired) electrons. The number of hydrogen-bond acceptors (Lipinski definition) is 5. The normalized spacial score (nSPS) is 14.2. The van der Waals surface area contributed by atoms with Crippen LogP contribution in [0.1, 0.15) is 19.5 Å². The predicted octanol–water partition coefficient (Wildman–Crippen LogP) is 2.20. The number of thiazole rings is 1. The van der Waals surface area contributed by atoms with Crippen molar-refractivity contribution < 1.29 is 14.4 Å². The third-order valence-electron chi connectivity index (χ3n) is 4.52. The van der Waals surface area contributed by atoms with E-state index < -0.39 is 11.8 Å². The Hall–Kier alpha value is -2.45. The summed E-state index contributed by atoms with van der Waals surface area (Å²) in [5.41, 5.74) is 1.55. The van der Waals surface area contributed by atoms with Crippen LogP contribution in [0.3, 0.4) is 0 Å². The minimum Gasteiger partial charge on any atom is -0.346 e. The number of rotatable bonds is 4. The maximum absolute atomic E-state index is 12.6. The van der Waals surface area contributed by atoms with E-state index in [1.54, 1.807) is 18.7 Å². The van der Waals surface area contributed by atoms with Crippen LogP contribution in [0.2, 0.25) is 5.02 Å². The fourth-order valence-electron chi connectivity index (χ4n) is 3.04. The van der Waals surface area contributed by atoms with Gasteiger partial charge in [-0.25, -0.2) is 4.98 Å². The smallest absolute Gasteiger partial charge is 0.312 e. The summed E-state index contributed by atoms with van der Waals surface area (Å²) in [6.07, 6.45) is 0.197. The van der Waals surface area contributed by atoms with Gasteiger partial charge in [-0.1, -0.05) is 29.8 Å². The summed E-state index contributed by atoms with van der Waals surface area (Å²) in [7, 11) is 0. The minimum atomic E-state index is -0.602. The van der Waals surface area contributed by atoms with Gasteiger partial charge in [0.2, 0.25) is 5.91 Å². The van der Waals surface area contributed by atoms with Crippen molar-refractivity contribution in [3.63, 3.8) is 0 Å². The summed E-state index contributed by atoms with van der Waals surface area (Å²) in [6.45, 7) is 5.10. The first-order valence-electron chi connectivity index (χ1n) is 9.42. The average molecular weight is 435 g/mol. The zero-order valence-corrected chi connectivity index (χ0v) is 17.9. The van der Waals surface area contributed by atoms with Crippen molar-refractivity contribution in [3.8, 4) is 10.6 Å². The molecule has 1 aromatic carbocycles. The van der Waals surface area contributed by atoms with Crippen molar-refractivity contribution in [2.24, 2.45) is 0 Å². The van der Waals surface area contributed by atoms with Crippen LogP contribution in [-0.2, 0) is 20.8 Å². The van der Waals surface area contributed by atoms with Gasteiger partial charge in [0.15, 0.2) is 0 Å². The lowest BCUT2D eigenvalue weighted by atomic mass is 10.2. The van der Waals surface area contributed by atoms with Crippen LogP contribution in [0.15, 0.2) is 29.6 Å². The molecule has 0 saturated carbocycles. The Morgan fingerprint density at radius 1 is 1.14 bits per heavy atom. The molecule has 3 rings (SSSR count). The highest BCUT2D eigenvalue weighted by atomic mass is 35.5. The van der Waals surface area contributed by atoms with E-state index in [-0.39, 0.29) is 18.4 Å². The minimum absolute atomic E-state index is 0.0419. The van der Waals surface area contributed by atoms with Gasteiger partial charge in [-0.3, -0.25) is 14.4 Å². The second kappa shape index (κ2) is 9.37. The lowest BCUT2D eigenvalue weighted by Gasteiger charge is -2.34. The largest absolute Gasteiger partial charge is 0.346 e. The lowest BCUT2D eigenvalue weighted by Crippen LogP contribution is -2.54. The Labute approximate surface area is 178 Å². The number of halogens is 1. The van der Waals surface area contributed by atoms with Crippen LogP contribution in [-0.4, -0.2) is 64.7 Å². The number of carbonyl (C=O) groups excluding carboxylic acids is 3. The fraction of sp³-hybridized carbons (Fsp3) is 0.400. The number of piperazine rings is 1. The van der Waals surface area contributed by atoms with Crippen LogP contribution in [0, 0.1) is 0 Å². The van der Waals surface area contributed by atoms with E-state index in [0.29, 0.717) is 36.9 Å². The number of aromatic nitrogens is 1. The van der Waals surface area contributed by atoms with Gasteiger partial charge in [-0.15, -0.1) is 11.3 Å². The average Bonchev–Trinajstić information content (AvgIpc) is 3.15. The Bertz CT molecular complexity index is 907. The summed E-state index contributed by atoms with van der Waals surface area (Å²) >= 11 is 7.67. The van der Waals surface area contributed by atoms with Gasteiger partial charge in [-0.05, 0) is 19.9 Å². The molecule has 29 heavy (non-hydrogen) atoms. The Kier molecular flexibility index (Phi) is 6.87. The molecule has 9 heteroatoms. The van der Waals surface area contributed by atoms with Crippen LogP contribution < -0.4 is 5.32 Å². The molecule has 0 bridgehead atoms. The highest BCUT2D eigenvalue weighted by Gasteiger charge is 2.28. The van der Waals surface area contributed by atoms with E-state index in [1.807, 2.05) is 29.6 Å². The molecule has 1 aliphatic rings. The van der Waals surface area contributed by atoms with Crippen molar-refractivity contribution in [2.75, 3.05) is 26.2 Å². The second-order valence-electron chi connectivity index (χ2n) is 7.10. The molecule has 0 atom stereocenters. The summed E-state index contributed by atoms with van der Waals surface area (Å²) < 4.78 is 0. The summed E-state index contributed by atoms with van der Waals surface area (Å²) in [6, 6.07) is 7.38. The van der Waals surface area contributed by atoms with Gasteiger partial charge >= 0.3 is 11.8 Å². The highest BCUT2D eigenvalue weighted by molar-refractivity contribution is 7.13. The number of amides is 3. The van der Waals surface area contributed by atoms with Crippen molar-refractivity contribution in [2.45, 2.75) is 26.3 Å². The lowest BCUT2D eigenvalue weighted by molar-refractivity contribution is -0.148. The number of nitrogens with one attached hydrogen (secondary N) is 1. The molecule has 1 aromatic heterocycles. The van der Waals surface area contributed by atoms with Gasteiger partial charge in [0, 0.05) is 43.2 Å². The molecule has 154 valence electrons. The fourth-order valence-corrected chi connectivity index (χ4v) is 4.18. The molecule has 0 unspecified atom stereocenters. The molecule has 1 aliphatic heterocycles. The van der Waals surface area contributed by atoms with Crippen molar-refractivity contribution in [1.82, 2.24) is 20.1 Å². The van der Waals surface area contributed by atoms with Crippen molar-refractivity contribution in [1.29, 1.82) is 0 Å². The van der Waals surface area contributed by atoms with E-state index in [4.69, 9.17) is 11.6 Å². The number of hydrogen-bond donors (Lipinski definition) is 1. The topological polar surface area (TPSA) is 82.6 Å². The monoisotopic (exact) mass is 434 g/mol. The molecule has 3 amide bonds. The molecule has 1 fully saturated rings. The molecular weight excluding hydrogens is 412 g/mol. The molecule has 1 N–H and O–H groups in total. The third-order valence-corrected chi connectivity index (χ3v) is 5.78. The quantitative estimate of drug-likeness (QED) is 0.748. The molecule has 7 nitrogen and oxygen atoms in total. The standard InChI is InChI=1S/C20H23ClN4O3S/c1-13(2)22-18(27)20(28)25-9-7-24(8-10-25)17(26)11-14-12-29-19(23-14)15-5-3-4-6-16(15)21/h3-6,12-13H,7-11H2,1-2H3,(H,22,27). The van der Waals surface area contributed by atoms with Crippen LogP contribution >= 0.6 is 22.9 Å². The molecule has 0 spiro atoms. The van der Waals surface area contributed by atoms with Gasteiger partial charge < -0.3 is 15.1 Å². The van der Waals surface area contributed by atoms with Gasteiger partial charge in [0.05, 0.1) is 17.1 Å². The summed E-state index contributed by atoms with van der Waals surface area (Å²) in [5.74, 6) is -1.19. The molecule has 2 heterocycles. The van der Waals surface area contributed by atoms with Gasteiger partial charge in [-0.2, -0.15) is 0 Å². The third kappa shape index (κ3) is 5.33. The maximum atomic E-state index is 12.6. The van der Waals surface area contributed by atoms with Gasteiger partial charge in [0.1, 0.15) is 5.01 Å². The highest BCUT2D eigenvalue weighted by Crippen LogP contribution is 2.30. The van der Waals surface area contributed by atoms with Crippen LogP contribution in [0.25, 0.3) is 10.6 Å². The van der Waals surface area contributed by atoms with Crippen molar-refractivity contribution in [3.05, 3.63) is 40.4 Å². The Morgan fingerprint density at radius 2 is 1.79 bits per heavy atom. The molecule has 2 aromatic rings. The van der Waals surface area contributed by atoms with E-state index in [0.717, 1.165) is 10.6 Å². The maximum Gasteiger partial charge on any atom is 0.312 e. The summed E-state index contributed by atoms with van der Waals surface area (Å²) in [5, 5.41) is 5.88. The first-order valence-corrected chi connectivity index (χ1v) is 10.7. The predicted molar refractivity (Wildman–Crippen MR) is 113 cm³/mol. The molecule has 1 saturated heterocycles. The number of benzene rings is 1. The summed E-state index contributed by atoms with van der Waals surface area (Å²) in [4.78, 5) is 44.4. The van der Waals surface area contributed by atoms with Crippen molar-refractivity contribution >= 4 is 40.7 Å². The number of carbonyl (C=O) groups is 3.